The molecule has 1 aliphatic rings. The van der Waals surface area contributed by atoms with Gasteiger partial charge in [0.1, 0.15) is 0 Å². The van der Waals surface area contributed by atoms with E-state index in [4.69, 9.17) is 27.9 Å². The molecule has 1 atom stereocenters. The van der Waals surface area contributed by atoms with Crippen LogP contribution in [0, 0.1) is 5.92 Å². The molecule has 1 saturated heterocycles. The van der Waals surface area contributed by atoms with Crippen molar-refractivity contribution in [3.8, 4) is 0 Å². The third kappa shape index (κ3) is 5.04. The Kier molecular flexibility index (Phi) is 6.59. The lowest BCUT2D eigenvalue weighted by Crippen LogP contribution is -2.28. The molecule has 0 radical (unpaired) electrons. The number of halogens is 3. The molecule has 2 amide bonds. The first-order valence-electron chi connectivity index (χ1n) is 8.31. The van der Waals surface area contributed by atoms with E-state index in [0.717, 1.165) is 0 Å². The zero-order valence-electron chi connectivity index (χ0n) is 14.5. The molecule has 2 aromatic carbocycles. The zero-order valence-corrected chi connectivity index (χ0v) is 17.6. The third-order valence-corrected chi connectivity index (χ3v) is 5.63. The topological polar surface area (TPSA) is 75.7 Å². The summed E-state index contributed by atoms with van der Waals surface area (Å²) in [6.45, 7) is -0.249. The Labute approximate surface area is 179 Å². The van der Waals surface area contributed by atoms with Gasteiger partial charge < -0.3 is 15.0 Å². The van der Waals surface area contributed by atoms with Crippen LogP contribution >= 0.6 is 39.1 Å². The summed E-state index contributed by atoms with van der Waals surface area (Å²) in [4.78, 5) is 37.9. The Hall–Kier alpha value is -2.09. The van der Waals surface area contributed by atoms with Gasteiger partial charge in [0.25, 0.3) is 5.91 Å². The second kappa shape index (κ2) is 8.94. The quantitative estimate of drug-likeness (QED) is 0.641. The molecule has 9 heteroatoms. The van der Waals surface area contributed by atoms with Crippen LogP contribution in [-0.4, -0.2) is 30.9 Å². The average Bonchev–Trinajstić information content (AvgIpc) is 3.05. The molecule has 0 unspecified atom stereocenters. The maximum Gasteiger partial charge on any atom is 0.311 e. The van der Waals surface area contributed by atoms with Crippen molar-refractivity contribution in [3.63, 3.8) is 0 Å². The van der Waals surface area contributed by atoms with Crippen LogP contribution in [0.25, 0.3) is 0 Å². The minimum atomic E-state index is -0.627. The van der Waals surface area contributed by atoms with Crippen LogP contribution in [0.5, 0.6) is 0 Å². The van der Waals surface area contributed by atoms with E-state index < -0.39 is 24.4 Å². The van der Waals surface area contributed by atoms with Crippen molar-refractivity contribution in [2.45, 2.75) is 6.42 Å². The van der Waals surface area contributed by atoms with Crippen LogP contribution in [0.3, 0.4) is 0 Å². The van der Waals surface area contributed by atoms with Gasteiger partial charge >= 0.3 is 5.97 Å². The van der Waals surface area contributed by atoms with Crippen LogP contribution in [-0.2, 0) is 19.1 Å². The monoisotopic (exact) mass is 484 g/mol. The van der Waals surface area contributed by atoms with Gasteiger partial charge in [0.05, 0.1) is 10.9 Å². The van der Waals surface area contributed by atoms with Crippen LogP contribution in [0.4, 0.5) is 11.4 Å². The first kappa shape index (κ1) is 20.6. The van der Waals surface area contributed by atoms with Gasteiger partial charge in [-0.25, -0.2) is 0 Å². The average molecular weight is 486 g/mol. The summed E-state index contributed by atoms with van der Waals surface area (Å²) in [5.41, 5.74) is 1.15. The molecular formula is C19H15BrCl2N2O4. The molecule has 146 valence electrons. The summed E-state index contributed by atoms with van der Waals surface area (Å²) < 4.78 is 5.78. The Morgan fingerprint density at radius 2 is 1.89 bits per heavy atom. The number of anilines is 2. The molecule has 1 fully saturated rings. The number of ether oxygens (including phenoxy) is 1. The molecule has 0 spiro atoms. The van der Waals surface area contributed by atoms with E-state index in [1.807, 2.05) is 0 Å². The Balaban J connectivity index is 1.52. The molecule has 6 nitrogen and oxygen atoms in total. The molecule has 3 rings (SSSR count). The number of esters is 1. The smallest absolute Gasteiger partial charge is 0.311 e. The van der Waals surface area contributed by atoms with E-state index in [0.29, 0.717) is 25.9 Å². The lowest BCUT2D eigenvalue weighted by molar-refractivity contribution is -0.151. The number of benzene rings is 2. The zero-order chi connectivity index (χ0) is 20.3. The summed E-state index contributed by atoms with van der Waals surface area (Å²) in [5, 5.41) is 3.60. The van der Waals surface area contributed by atoms with Crippen LogP contribution in [0.1, 0.15) is 6.42 Å². The van der Waals surface area contributed by atoms with Crippen molar-refractivity contribution in [3.05, 3.63) is 57.0 Å². The standard InChI is InChI=1S/C19H15BrCl2N2O4/c20-15-6-3-13(8-16(15)22)23-17(25)10-28-19(27)11-7-18(26)24(9-11)14-4-1-12(21)2-5-14/h1-6,8,11H,7,9-10H2,(H,23,25)/t11-/m1/s1. The number of hydrogen-bond donors (Lipinski definition) is 1. The van der Waals surface area contributed by atoms with Gasteiger partial charge in [-0.15, -0.1) is 0 Å². The molecule has 0 bridgehead atoms. The first-order valence-corrected chi connectivity index (χ1v) is 9.86. The second-order valence-corrected chi connectivity index (χ2v) is 7.86. The van der Waals surface area contributed by atoms with Gasteiger partial charge in [0.15, 0.2) is 6.61 Å². The van der Waals surface area contributed by atoms with E-state index in [2.05, 4.69) is 21.2 Å². The summed E-state index contributed by atoms with van der Waals surface area (Å²) >= 11 is 15.1. The van der Waals surface area contributed by atoms with Crippen LogP contribution < -0.4 is 10.2 Å². The molecule has 2 aromatic rings. The van der Waals surface area contributed by atoms with E-state index in [-0.39, 0.29) is 18.9 Å². The molecule has 28 heavy (non-hydrogen) atoms. The minimum Gasteiger partial charge on any atom is -0.455 e. The van der Waals surface area contributed by atoms with Gasteiger partial charge in [-0.3, -0.25) is 14.4 Å². The molecule has 1 aliphatic heterocycles. The fourth-order valence-corrected chi connectivity index (χ4v) is 3.31. The number of amides is 2. The Morgan fingerprint density at radius 1 is 1.18 bits per heavy atom. The minimum absolute atomic E-state index is 0.0331. The van der Waals surface area contributed by atoms with E-state index in [1.165, 1.54) is 4.90 Å². The normalized spacial score (nSPS) is 16.2. The lowest BCUT2D eigenvalue weighted by atomic mass is 10.1. The Morgan fingerprint density at radius 3 is 2.57 bits per heavy atom. The summed E-state index contributed by atoms with van der Waals surface area (Å²) in [5.74, 6) is -1.89. The fraction of sp³-hybridized carbons (Fsp3) is 0.211. The van der Waals surface area contributed by atoms with Crippen molar-refractivity contribution in [1.82, 2.24) is 0 Å². The van der Waals surface area contributed by atoms with Gasteiger partial charge in [-0.1, -0.05) is 23.2 Å². The number of nitrogens with zero attached hydrogens (tertiary/aromatic N) is 1. The van der Waals surface area contributed by atoms with E-state index in [9.17, 15) is 14.4 Å². The molecule has 0 aromatic heterocycles. The van der Waals surface area contributed by atoms with Gasteiger partial charge in [-0.05, 0) is 58.4 Å². The highest BCUT2D eigenvalue weighted by Gasteiger charge is 2.36. The largest absolute Gasteiger partial charge is 0.455 e. The number of hydrogen-bond acceptors (Lipinski definition) is 4. The highest BCUT2D eigenvalue weighted by Crippen LogP contribution is 2.27. The van der Waals surface area contributed by atoms with Crippen molar-refractivity contribution in [2.24, 2.45) is 5.92 Å². The van der Waals surface area contributed by atoms with E-state index in [1.54, 1.807) is 42.5 Å². The van der Waals surface area contributed by atoms with Crippen LogP contribution in [0.2, 0.25) is 10.0 Å². The predicted molar refractivity (Wildman–Crippen MR) is 111 cm³/mol. The highest BCUT2D eigenvalue weighted by atomic mass is 79.9. The number of carbonyl (C=O) groups excluding carboxylic acids is 3. The first-order chi connectivity index (χ1) is 13.3. The Bertz CT molecular complexity index is 921. The van der Waals surface area contributed by atoms with Crippen molar-refractivity contribution < 1.29 is 19.1 Å². The number of rotatable bonds is 5. The SMILES string of the molecule is O=C(COC(=O)[C@@H]1CC(=O)N(c2ccc(Cl)cc2)C1)Nc1ccc(Br)c(Cl)c1. The second-order valence-electron chi connectivity index (χ2n) is 6.17. The lowest BCUT2D eigenvalue weighted by Gasteiger charge is -2.16. The number of carbonyl (C=O) groups is 3. The van der Waals surface area contributed by atoms with Crippen LogP contribution in [0.15, 0.2) is 46.9 Å². The molecule has 1 heterocycles. The number of nitrogens with one attached hydrogen (secondary N) is 1. The van der Waals surface area contributed by atoms with Crippen molar-refractivity contribution >= 4 is 68.3 Å². The van der Waals surface area contributed by atoms with Crippen molar-refractivity contribution in [2.75, 3.05) is 23.4 Å². The fourth-order valence-electron chi connectivity index (χ4n) is 2.76. The summed E-state index contributed by atoms with van der Waals surface area (Å²) in [7, 11) is 0. The highest BCUT2D eigenvalue weighted by molar-refractivity contribution is 9.10. The molecule has 0 aliphatic carbocycles. The predicted octanol–water partition coefficient (Wildman–Crippen LogP) is 4.29. The molecule has 1 N–H and O–H groups in total. The third-order valence-electron chi connectivity index (χ3n) is 4.15. The maximum atomic E-state index is 12.2. The van der Waals surface area contributed by atoms with Gasteiger partial charge in [0.2, 0.25) is 5.91 Å². The molecule has 0 saturated carbocycles. The van der Waals surface area contributed by atoms with Gasteiger partial charge in [-0.2, -0.15) is 0 Å². The summed E-state index contributed by atoms with van der Waals surface area (Å²) in [6, 6.07) is 11.7. The molecular weight excluding hydrogens is 471 g/mol. The summed E-state index contributed by atoms with van der Waals surface area (Å²) in [6.07, 6.45) is 0.0331. The van der Waals surface area contributed by atoms with Crippen molar-refractivity contribution in [1.29, 1.82) is 0 Å². The maximum absolute atomic E-state index is 12.2. The van der Waals surface area contributed by atoms with E-state index >= 15 is 0 Å². The van der Waals surface area contributed by atoms with Gasteiger partial charge in [0, 0.05) is 33.8 Å².